The zero-order chi connectivity index (χ0) is 13.4. The molecule has 0 unspecified atom stereocenters. The highest BCUT2D eigenvalue weighted by Gasteiger charge is 2.20. The maximum Gasteiger partial charge on any atom is 0.331 e. The van der Waals surface area contributed by atoms with Gasteiger partial charge in [0.05, 0.1) is 6.61 Å². The fraction of sp³-hybridized carbons (Fsp3) is 0.714. The first-order chi connectivity index (χ1) is 8.61. The summed E-state index contributed by atoms with van der Waals surface area (Å²) in [5.74, 6) is -0.228. The standard InChI is InChI=1S/C14H22O4/c1-3-10-17-13(15)8-9-14(16)18-12-6-4-11(2)5-7-12/h8-9,11-12H,3-7,10H2,1-2H3/b9-8+. The maximum atomic E-state index is 11.5. The third kappa shape index (κ3) is 5.84. The third-order valence-corrected chi connectivity index (χ3v) is 3.05. The van der Waals surface area contributed by atoms with E-state index in [1.807, 2.05) is 6.92 Å². The number of ether oxygens (including phenoxy) is 2. The summed E-state index contributed by atoms with van der Waals surface area (Å²) >= 11 is 0. The zero-order valence-corrected chi connectivity index (χ0v) is 11.2. The Kier molecular flexibility index (Phi) is 6.47. The van der Waals surface area contributed by atoms with Gasteiger partial charge in [-0.25, -0.2) is 9.59 Å². The lowest BCUT2D eigenvalue weighted by Gasteiger charge is -2.25. The summed E-state index contributed by atoms with van der Waals surface area (Å²) in [5, 5.41) is 0. The highest BCUT2D eigenvalue weighted by Crippen LogP contribution is 2.25. The van der Waals surface area contributed by atoms with Gasteiger partial charge in [-0.15, -0.1) is 0 Å². The van der Waals surface area contributed by atoms with Crippen LogP contribution < -0.4 is 0 Å². The van der Waals surface area contributed by atoms with Crippen LogP contribution in [0.3, 0.4) is 0 Å². The van der Waals surface area contributed by atoms with Crippen LogP contribution in [0.1, 0.15) is 46.0 Å². The van der Waals surface area contributed by atoms with Crippen molar-refractivity contribution in [3.8, 4) is 0 Å². The quantitative estimate of drug-likeness (QED) is 0.559. The Morgan fingerprint density at radius 1 is 1.11 bits per heavy atom. The molecule has 0 spiro atoms. The normalized spacial score (nSPS) is 23.9. The molecule has 4 heteroatoms. The molecule has 0 atom stereocenters. The first kappa shape index (κ1) is 14.7. The van der Waals surface area contributed by atoms with Gasteiger partial charge in [-0.3, -0.25) is 0 Å². The molecule has 18 heavy (non-hydrogen) atoms. The van der Waals surface area contributed by atoms with Gasteiger partial charge < -0.3 is 9.47 Å². The Morgan fingerprint density at radius 2 is 1.72 bits per heavy atom. The number of carbonyl (C=O) groups excluding carboxylic acids is 2. The van der Waals surface area contributed by atoms with Crippen LogP contribution in [-0.4, -0.2) is 24.6 Å². The van der Waals surface area contributed by atoms with Crippen LogP contribution in [0, 0.1) is 5.92 Å². The van der Waals surface area contributed by atoms with Gasteiger partial charge >= 0.3 is 11.9 Å². The second-order valence-electron chi connectivity index (χ2n) is 4.82. The number of esters is 2. The maximum absolute atomic E-state index is 11.5. The van der Waals surface area contributed by atoms with Gasteiger partial charge in [-0.1, -0.05) is 13.8 Å². The van der Waals surface area contributed by atoms with Crippen molar-refractivity contribution in [1.29, 1.82) is 0 Å². The van der Waals surface area contributed by atoms with Crippen LogP contribution >= 0.6 is 0 Å². The Balaban J connectivity index is 2.24. The molecule has 102 valence electrons. The minimum atomic E-state index is -0.494. The zero-order valence-electron chi connectivity index (χ0n) is 11.2. The number of rotatable bonds is 5. The lowest BCUT2D eigenvalue weighted by atomic mass is 9.89. The molecule has 0 aromatic carbocycles. The summed E-state index contributed by atoms with van der Waals surface area (Å²) in [6.07, 6.45) is 7.08. The molecule has 4 nitrogen and oxygen atoms in total. The van der Waals surface area contributed by atoms with E-state index in [2.05, 4.69) is 6.92 Å². The van der Waals surface area contributed by atoms with E-state index in [4.69, 9.17) is 9.47 Å². The summed E-state index contributed by atoms with van der Waals surface area (Å²) in [5.41, 5.74) is 0. The fourth-order valence-electron chi connectivity index (χ4n) is 1.94. The minimum absolute atomic E-state index is 0.00464. The van der Waals surface area contributed by atoms with E-state index in [-0.39, 0.29) is 6.10 Å². The van der Waals surface area contributed by atoms with E-state index < -0.39 is 11.9 Å². The van der Waals surface area contributed by atoms with Crippen molar-refractivity contribution in [2.75, 3.05) is 6.61 Å². The van der Waals surface area contributed by atoms with Crippen molar-refractivity contribution >= 4 is 11.9 Å². The van der Waals surface area contributed by atoms with Crippen molar-refractivity contribution < 1.29 is 19.1 Å². The molecule has 0 heterocycles. The Hall–Kier alpha value is -1.32. The van der Waals surface area contributed by atoms with Crippen LogP contribution in [0.25, 0.3) is 0 Å². The van der Waals surface area contributed by atoms with Gasteiger partial charge in [0, 0.05) is 12.2 Å². The van der Waals surface area contributed by atoms with Crippen molar-refractivity contribution in [3.63, 3.8) is 0 Å². The van der Waals surface area contributed by atoms with Crippen molar-refractivity contribution in [3.05, 3.63) is 12.2 Å². The predicted molar refractivity (Wildman–Crippen MR) is 67.9 cm³/mol. The molecule has 1 rings (SSSR count). The van der Waals surface area contributed by atoms with E-state index in [9.17, 15) is 9.59 Å². The SMILES string of the molecule is CCCOC(=O)/C=C/C(=O)OC1CCC(C)CC1. The van der Waals surface area contributed by atoms with Crippen LogP contribution in [0.5, 0.6) is 0 Å². The largest absolute Gasteiger partial charge is 0.463 e. The van der Waals surface area contributed by atoms with Gasteiger partial charge in [-0.2, -0.15) is 0 Å². The lowest BCUT2D eigenvalue weighted by molar-refractivity contribution is -0.145. The monoisotopic (exact) mass is 254 g/mol. The summed E-state index contributed by atoms with van der Waals surface area (Å²) in [4.78, 5) is 22.6. The van der Waals surface area contributed by atoms with Gasteiger partial charge in [0.2, 0.25) is 0 Å². The molecule has 0 aliphatic heterocycles. The van der Waals surface area contributed by atoms with Crippen LogP contribution in [0.4, 0.5) is 0 Å². The van der Waals surface area contributed by atoms with Crippen LogP contribution in [0.15, 0.2) is 12.2 Å². The molecule has 1 aliphatic carbocycles. The molecule has 0 radical (unpaired) electrons. The first-order valence-corrected chi connectivity index (χ1v) is 6.67. The van der Waals surface area contributed by atoms with E-state index in [1.54, 1.807) is 0 Å². The summed E-state index contributed by atoms with van der Waals surface area (Å²) in [6.45, 7) is 4.50. The molecule has 0 saturated heterocycles. The smallest absolute Gasteiger partial charge is 0.331 e. The highest BCUT2D eigenvalue weighted by atomic mass is 16.5. The Labute approximate surface area is 108 Å². The fourth-order valence-corrected chi connectivity index (χ4v) is 1.94. The number of hydrogen-bond acceptors (Lipinski definition) is 4. The molecule has 0 N–H and O–H groups in total. The molecular weight excluding hydrogens is 232 g/mol. The van der Waals surface area contributed by atoms with E-state index in [1.165, 1.54) is 0 Å². The van der Waals surface area contributed by atoms with Crippen molar-refractivity contribution in [2.24, 2.45) is 5.92 Å². The van der Waals surface area contributed by atoms with Crippen molar-refractivity contribution in [1.82, 2.24) is 0 Å². The van der Waals surface area contributed by atoms with Gasteiger partial charge in [0.1, 0.15) is 6.10 Å². The Morgan fingerprint density at radius 3 is 2.33 bits per heavy atom. The number of carbonyl (C=O) groups is 2. The topological polar surface area (TPSA) is 52.6 Å². The van der Waals surface area contributed by atoms with Crippen molar-refractivity contribution in [2.45, 2.75) is 52.1 Å². The average Bonchev–Trinajstić information content (AvgIpc) is 2.36. The molecule has 1 saturated carbocycles. The first-order valence-electron chi connectivity index (χ1n) is 6.67. The van der Waals surface area contributed by atoms with Gasteiger partial charge in [0.25, 0.3) is 0 Å². The second-order valence-corrected chi connectivity index (χ2v) is 4.82. The summed E-state index contributed by atoms with van der Waals surface area (Å²) in [6, 6.07) is 0. The molecule has 1 fully saturated rings. The average molecular weight is 254 g/mol. The molecular formula is C14H22O4. The highest BCUT2D eigenvalue weighted by molar-refractivity contribution is 5.91. The van der Waals surface area contributed by atoms with Crippen LogP contribution in [0.2, 0.25) is 0 Å². The third-order valence-electron chi connectivity index (χ3n) is 3.05. The second kappa shape index (κ2) is 7.90. The number of hydrogen-bond donors (Lipinski definition) is 0. The van der Waals surface area contributed by atoms with E-state index in [0.717, 1.165) is 50.2 Å². The minimum Gasteiger partial charge on any atom is -0.463 e. The summed E-state index contributed by atoms with van der Waals surface area (Å²) in [7, 11) is 0. The molecule has 0 aromatic rings. The molecule has 0 bridgehead atoms. The van der Waals surface area contributed by atoms with E-state index in [0.29, 0.717) is 6.61 Å². The Bertz CT molecular complexity index is 301. The molecule has 0 amide bonds. The van der Waals surface area contributed by atoms with Crippen LogP contribution in [-0.2, 0) is 19.1 Å². The lowest BCUT2D eigenvalue weighted by Crippen LogP contribution is -2.22. The van der Waals surface area contributed by atoms with Gasteiger partial charge in [-0.05, 0) is 38.0 Å². The molecule has 1 aliphatic rings. The molecule has 0 aromatic heterocycles. The van der Waals surface area contributed by atoms with E-state index >= 15 is 0 Å². The predicted octanol–water partition coefficient (Wildman–Crippen LogP) is 2.62. The van der Waals surface area contributed by atoms with Gasteiger partial charge in [0.15, 0.2) is 0 Å². The summed E-state index contributed by atoms with van der Waals surface area (Å²) < 4.78 is 10.1.